The molecule has 0 spiro atoms. The van der Waals surface area contributed by atoms with Crippen molar-refractivity contribution in [3.05, 3.63) is 65.2 Å². The van der Waals surface area contributed by atoms with Crippen LogP contribution in [-0.2, 0) is 9.53 Å². The van der Waals surface area contributed by atoms with Crippen LogP contribution in [0.25, 0.3) is 22.2 Å². The average molecular weight is 395 g/mol. The standard InChI is InChI=1S/C22H19ClN2O3/c1-13(21(26)24-14-10-11-14)28-22(27)17-12-20(16-7-2-4-8-18(16)23)25-19-9-5-3-6-15(17)19/h2-9,12-14H,10-11H2,1H3,(H,24,26)/t13-/m1/s1. The highest BCUT2D eigenvalue weighted by Gasteiger charge is 2.28. The number of halogens is 1. The molecule has 1 aromatic heterocycles. The minimum absolute atomic E-state index is 0.210. The number of esters is 1. The van der Waals surface area contributed by atoms with Gasteiger partial charge >= 0.3 is 5.97 Å². The Bertz CT molecular complexity index is 1060. The third-order valence-corrected chi connectivity index (χ3v) is 4.99. The van der Waals surface area contributed by atoms with Gasteiger partial charge in [-0.3, -0.25) is 4.79 Å². The Hall–Kier alpha value is -2.92. The number of benzene rings is 2. The summed E-state index contributed by atoms with van der Waals surface area (Å²) in [6, 6.07) is 16.5. The number of pyridine rings is 1. The van der Waals surface area contributed by atoms with Crippen molar-refractivity contribution in [2.75, 3.05) is 0 Å². The molecule has 1 aliphatic carbocycles. The normalized spacial score (nSPS) is 14.5. The zero-order chi connectivity index (χ0) is 19.7. The van der Waals surface area contributed by atoms with Crippen LogP contribution >= 0.6 is 11.6 Å². The van der Waals surface area contributed by atoms with Gasteiger partial charge in [0.15, 0.2) is 6.10 Å². The maximum Gasteiger partial charge on any atom is 0.339 e. The number of carbonyl (C=O) groups excluding carboxylic acids is 2. The Balaban J connectivity index is 1.69. The molecule has 2 aromatic carbocycles. The van der Waals surface area contributed by atoms with E-state index in [4.69, 9.17) is 16.3 Å². The van der Waals surface area contributed by atoms with Gasteiger partial charge < -0.3 is 10.1 Å². The predicted octanol–water partition coefficient (Wildman–Crippen LogP) is 4.38. The highest BCUT2D eigenvalue weighted by Crippen LogP contribution is 2.30. The third kappa shape index (κ3) is 3.85. The predicted molar refractivity (Wildman–Crippen MR) is 108 cm³/mol. The van der Waals surface area contributed by atoms with Crippen LogP contribution in [0.5, 0.6) is 0 Å². The zero-order valence-electron chi connectivity index (χ0n) is 15.3. The van der Waals surface area contributed by atoms with Gasteiger partial charge in [0.05, 0.1) is 16.8 Å². The number of hydrogen-bond acceptors (Lipinski definition) is 4. The Morgan fingerprint density at radius 1 is 1.14 bits per heavy atom. The number of ether oxygens (including phenoxy) is 1. The van der Waals surface area contributed by atoms with Gasteiger partial charge in [0.1, 0.15) is 0 Å². The lowest BCUT2D eigenvalue weighted by molar-refractivity contribution is -0.129. The van der Waals surface area contributed by atoms with E-state index in [1.54, 1.807) is 19.1 Å². The second-order valence-electron chi connectivity index (χ2n) is 6.88. The van der Waals surface area contributed by atoms with E-state index < -0.39 is 12.1 Å². The maximum absolute atomic E-state index is 12.9. The molecular formula is C22H19ClN2O3. The van der Waals surface area contributed by atoms with E-state index in [-0.39, 0.29) is 11.9 Å². The van der Waals surface area contributed by atoms with Crippen LogP contribution in [0, 0.1) is 0 Å². The number of para-hydroxylation sites is 1. The molecule has 0 bridgehead atoms. The topological polar surface area (TPSA) is 68.3 Å². The molecule has 0 unspecified atom stereocenters. The molecule has 6 heteroatoms. The van der Waals surface area contributed by atoms with E-state index in [2.05, 4.69) is 10.3 Å². The van der Waals surface area contributed by atoms with Crippen LogP contribution in [0.2, 0.25) is 5.02 Å². The van der Waals surface area contributed by atoms with Gasteiger partial charge in [-0.15, -0.1) is 0 Å². The number of amides is 1. The summed E-state index contributed by atoms with van der Waals surface area (Å²) in [5.41, 5.74) is 2.31. The number of fused-ring (bicyclic) bond motifs is 1. The van der Waals surface area contributed by atoms with Crippen LogP contribution in [0.3, 0.4) is 0 Å². The molecule has 0 radical (unpaired) electrons. The van der Waals surface area contributed by atoms with Crippen LogP contribution in [-0.4, -0.2) is 29.0 Å². The third-order valence-electron chi connectivity index (χ3n) is 4.66. The number of nitrogens with zero attached hydrogens (tertiary/aromatic N) is 1. The highest BCUT2D eigenvalue weighted by molar-refractivity contribution is 6.33. The van der Waals surface area contributed by atoms with E-state index in [9.17, 15) is 9.59 Å². The second-order valence-corrected chi connectivity index (χ2v) is 7.29. The molecule has 3 aromatic rings. The summed E-state index contributed by atoms with van der Waals surface area (Å²) >= 11 is 6.31. The van der Waals surface area contributed by atoms with Gasteiger partial charge in [-0.05, 0) is 38.0 Å². The Labute approximate surface area is 167 Å². The molecule has 1 aliphatic rings. The lowest BCUT2D eigenvalue weighted by atomic mass is 10.0. The summed E-state index contributed by atoms with van der Waals surface area (Å²) in [5, 5.41) is 4.05. The van der Waals surface area contributed by atoms with E-state index in [0.717, 1.165) is 18.4 Å². The summed E-state index contributed by atoms with van der Waals surface area (Å²) in [5.74, 6) is -0.842. The summed E-state index contributed by atoms with van der Waals surface area (Å²) in [4.78, 5) is 29.7. The van der Waals surface area contributed by atoms with Gasteiger partial charge in [0.2, 0.25) is 0 Å². The van der Waals surface area contributed by atoms with Crippen LogP contribution in [0.1, 0.15) is 30.1 Å². The van der Waals surface area contributed by atoms with Crippen molar-refractivity contribution in [3.63, 3.8) is 0 Å². The molecule has 0 aliphatic heterocycles. The molecule has 1 saturated carbocycles. The molecule has 1 amide bonds. The summed E-state index contributed by atoms with van der Waals surface area (Å²) in [6.07, 6.45) is 1.08. The molecule has 4 rings (SSSR count). The zero-order valence-corrected chi connectivity index (χ0v) is 16.1. The van der Waals surface area contributed by atoms with E-state index in [1.165, 1.54) is 0 Å². The lowest BCUT2D eigenvalue weighted by Gasteiger charge is -2.15. The quantitative estimate of drug-likeness (QED) is 0.652. The molecule has 1 atom stereocenters. The van der Waals surface area contributed by atoms with Crippen molar-refractivity contribution in [3.8, 4) is 11.3 Å². The number of nitrogens with one attached hydrogen (secondary N) is 1. The molecule has 1 fully saturated rings. The SMILES string of the molecule is C[C@@H](OC(=O)c1cc(-c2ccccc2Cl)nc2ccccc12)C(=O)NC1CC1. The smallest absolute Gasteiger partial charge is 0.339 e. The molecule has 1 heterocycles. The monoisotopic (exact) mass is 394 g/mol. The molecule has 1 N–H and O–H groups in total. The van der Waals surface area contributed by atoms with Crippen molar-refractivity contribution >= 4 is 34.4 Å². The largest absolute Gasteiger partial charge is 0.449 e. The fourth-order valence-corrected chi connectivity index (χ4v) is 3.21. The van der Waals surface area contributed by atoms with Crippen molar-refractivity contribution in [1.82, 2.24) is 10.3 Å². The maximum atomic E-state index is 12.9. The Kier molecular flexibility index (Phi) is 5.01. The number of hydrogen-bond donors (Lipinski definition) is 1. The fraction of sp³-hybridized carbons (Fsp3) is 0.227. The van der Waals surface area contributed by atoms with E-state index in [1.807, 2.05) is 42.5 Å². The molecular weight excluding hydrogens is 376 g/mol. The fourth-order valence-electron chi connectivity index (χ4n) is 2.97. The minimum atomic E-state index is -0.871. The van der Waals surface area contributed by atoms with Crippen LogP contribution < -0.4 is 5.32 Å². The summed E-state index contributed by atoms with van der Waals surface area (Å²) < 4.78 is 5.44. The first kappa shape index (κ1) is 18.4. The average Bonchev–Trinajstić information content (AvgIpc) is 3.51. The highest BCUT2D eigenvalue weighted by atomic mass is 35.5. The van der Waals surface area contributed by atoms with Gasteiger partial charge in [0, 0.05) is 22.0 Å². The number of rotatable bonds is 5. The van der Waals surface area contributed by atoms with Crippen LogP contribution in [0.15, 0.2) is 54.6 Å². The Morgan fingerprint density at radius 3 is 2.61 bits per heavy atom. The first-order valence-electron chi connectivity index (χ1n) is 9.19. The minimum Gasteiger partial charge on any atom is -0.449 e. The van der Waals surface area contributed by atoms with Crippen molar-refractivity contribution in [2.24, 2.45) is 0 Å². The molecule has 5 nitrogen and oxygen atoms in total. The molecule has 28 heavy (non-hydrogen) atoms. The van der Waals surface area contributed by atoms with Crippen molar-refractivity contribution in [2.45, 2.75) is 31.9 Å². The first-order chi connectivity index (χ1) is 13.5. The van der Waals surface area contributed by atoms with E-state index in [0.29, 0.717) is 27.2 Å². The Morgan fingerprint density at radius 2 is 1.86 bits per heavy atom. The van der Waals surface area contributed by atoms with Crippen molar-refractivity contribution in [1.29, 1.82) is 0 Å². The van der Waals surface area contributed by atoms with E-state index >= 15 is 0 Å². The van der Waals surface area contributed by atoms with Gasteiger partial charge in [-0.2, -0.15) is 0 Å². The van der Waals surface area contributed by atoms with Crippen molar-refractivity contribution < 1.29 is 14.3 Å². The number of aromatic nitrogens is 1. The van der Waals surface area contributed by atoms with Gasteiger partial charge in [0.25, 0.3) is 5.91 Å². The second kappa shape index (κ2) is 7.60. The van der Waals surface area contributed by atoms with Gasteiger partial charge in [-0.1, -0.05) is 48.0 Å². The first-order valence-corrected chi connectivity index (χ1v) is 9.57. The lowest BCUT2D eigenvalue weighted by Crippen LogP contribution is -2.37. The number of carbonyl (C=O) groups is 2. The van der Waals surface area contributed by atoms with Gasteiger partial charge in [-0.25, -0.2) is 9.78 Å². The van der Waals surface area contributed by atoms with Crippen LogP contribution in [0.4, 0.5) is 0 Å². The summed E-state index contributed by atoms with van der Waals surface area (Å²) in [7, 11) is 0. The summed E-state index contributed by atoms with van der Waals surface area (Å²) in [6.45, 7) is 1.58. The molecule has 0 saturated heterocycles. The molecule has 142 valence electrons.